The molecule has 0 radical (unpaired) electrons. The first-order valence-corrected chi connectivity index (χ1v) is 6.82. The second-order valence-corrected chi connectivity index (χ2v) is 4.96. The number of nitrogens with zero attached hydrogens (tertiary/aromatic N) is 1. The van der Waals surface area contributed by atoms with Gasteiger partial charge >= 0.3 is 12.0 Å². The molecule has 2 N–H and O–H groups in total. The highest BCUT2D eigenvalue weighted by molar-refractivity contribution is 6.30. The van der Waals surface area contributed by atoms with E-state index in [0.717, 1.165) is 12.8 Å². The summed E-state index contributed by atoms with van der Waals surface area (Å²) in [5.74, 6) is -0.910. The quantitative estimate of drug-likeness (QED) is 0.759. The van der Waals surface area contributed by atoms with E-state index in [-0.39, 0.29) is 19.0 Å². The number of nitrogens with one attached hydrogen (secondary N) is 1. The molecule has 0 saturated carbocycles. The third-order valence-corrected chi connectivity index (χ3v) is 3.09. The monoisotopic (exact) mass is 298 g/mol. The number of carbonyl (C=O) groups is 2. The van der Waals surface area contributed by atoms with Crippen LogP contribution in [0.4, 0.5) is 4.79 Å². The van der Waals surface area contributed by atoms with Gasteiger partial charge < -0.3 is 15.3 Å². The second-order valence-electron chi connectivity index (χ2n) is 4.53. The van der Waals surface area contributed by atoms with Crippen LogP contribution in [0.3, 0.4) is 0 Å². The number of benzene rings is 1. The number of amides is 2. The first-order chi connectivity index (χ1) is 9.49. The number of aliphatic carboxylic acids is 1. The molecule has 5 nitrogen and oxygen atoms in total. The summed E-state index contributed by atoms with van der Waals surface area (Å²) in [5.41, 5.74) is 1.17. The normalized spacial score (nSPS) is 10.1. The third-order valence-electron chi connectivity index (χ3n) is 2.84. The number of urea groups is 1. The number of halogens is 1. The summed E-state index contributed by atoms with van der Waals surface area (Å²) >= 11 is 5.80. The van der Waals surface area contributed by atoms with Crippen molar-refractivity contribution < 1.29 is 14.7 Å². The van der Waals surface area contributed by atoms with Crippen LogP contribution in [0.5, 0.6) is 0 Å². The Morgan fingerprint density at radius 1 is 1.30 bits per heavy atom. The van der Waals surface area contributed by atoms with Crippen LogP contribution in [0.2, 0.25) is 5.02 Å². The molecule has 1 aromatic carbocycles. The smallest absolute Gasteiger partial charge is 0.317 e. The molecule has 1 rings (SSSR count). The molecule has 1 aromatic rings. The van der Waals surface area contributed by atoms with E-state index >= 15 is 0 Å². The van der Waals surface area contributed by atoms with E-state index in [4.69, 9.17) is 16.7 Å². The van der Waals surface area contributed by atoms with Gasteiger partial charge in [0.05, 0.1) is 6.42 Å². The summed E-state index contributed by atoms with van der Waals surface area (Å²) in [4.78, 5) is 23.4. The van der Waals surface area contributed by atoms with E-state index in [1.54, 1.807) is 7.05 Å². The highest BCUT2D eigenvalue weighted by atomic mass is 35.5. The van der Waals surface area contributed by atoms with Crippen molar-refractivity contribution in [2.24, 2.45) is 0 Å². The molecule has 0 aliphatic heterocycles. The Morgan fingerprint density at radius 2 is 1.95 bits per heavy atom. The Kier molecular flexibility index (Phi) is 6.87. The van der Waals surface area contributed by atoms with Crippen LogP contribution in [0.15, 0.2) is 24.3 Å². The fourth-order valence-electron chi connectivity index (χ4n) is 1.64. The summed E-state index contributed by atoms with van der Waals surface area (Å²) in [6, 6.07) is 7.36. The van der Waals surface area contributed by atoms with Gasteiger partial charge in [-0.05, 0) is 30.5 Å². The van der Waals surface area contributed by atoms with Gasteiger partial charge in [-0.3, -0.25) is 4.79 Å². The fourth-order valence-corrected chi connectivity index (χ4v) is 1.76. The summed E-state index contributed by atoms with van der Waals surface area (Å²) < 4.78 is 0. The zero-order chi connectivity index (χ0) is 15.0. The van der Waals surface area contributed by atoms with E-state index in [9.17, 15) is 9.59 Å². The lowest BCUT2D eigenvalue weighted by atomic mass is 10.1. The number of aryl methyl sites for hydroxylation is 1. The average molecular weight is 299 g/mol. The van der Waals surface area contributed by atoms with Crippen molar-refractivity contribution in [1.82, 2.24) is 10.2 Å². The minimum atomic E-state index is -0.910. The predicted molar refractivity (Wildman–Crippen MR) is 78.1 cm³/mol. The molecule has 6 heteroatoms. The molecule has 0 aliphatic carbocycles. The lowest BCUT2D eigenvalue weighted by Crippen LogP contribution is -2.38. The predicted octanol–water partition coefficient (Wildman–Crippen LogP) is 2.39. The molecule has 0 atom stereocenters. The fraction of sp³-hybridized carbons (Fsp3) is 0.429. The molecule has 20 heavy (non-hydrogen) atoms. The third kappa shape index (κ3) is 6.43. The average Bonchev–Trinajstić information content (AvgIpc) is 2.42. The van der Waals surface area contributed by atoms with Crippen molar-refractivity contribution in [2.45, 2.75) is 19.3 Å². The molecular weight excluding hydrogens is 280 g/mol. The van der Waals surface area contributed by atoms with E-state index in [1.807, 2.05) is 24.3 Å². The van der Waals surface area contributed by atoms with Crippen LogP contribution in [-0.4, -0.2) is 42.1 Å². The Morgan fingerprint density at radius 3 is 2.55 bits per heavy atom. The molecule has 0 unspecified atom stereocenters. The Balaban J connectivity index is 2.18. The molecule has 0 heterocycles. The number of hydrogen-bond donors (Lipinski definition) is 2. The van der Waals surface area contributed by atoms with Gasteiger partial charge in [-0.1, -0.05) is 23.7 Å². The Hall–Kier alpha value is -1.75. The van der Waals surface area contributed by atoms with E-state index < -0.39 is 5.97 Å². The van der Waals surface area contributed by atoms with Gasteiger partial charge in [0, 0.05) is 25.2 Å². The van der Waals surface area contributed by atoms with E-state index in [1.165, 1.54) is 10.5 Å². The minimum Gasteiger partial charge on any atom is -0.481 e. The van der Waals surface area contributed by atoms with Crippen molar-refractivity contribution in [3.8, 4) is 0 Å². The molecule has 0 bridgehead atoms. The second kappa shape index (κ2) is 8.43. The van der Waals surface area contributed by atoms with Gasteiger partial charge in [-0.2, -0.15) is 0 Å². The summed E-state index contributed by atoms with van der Waals surface area (Å²) in [7, 11) is 1.58. The van der Waals surface area contributed by atoms with Crippen LogP contribution < -0.4 is 5.32 Å². The molecule has 110 valence electrons. The van der Waals surface area contributed by atoms with Crippen molar-refractivity contribution in [3.63, 3.8) is 0 Å². The van der Waals surface area contributed by atoms with Crippen molar-refractivity contribution in [3.05, 3.63) is 34.9 Å². The Labute approximate surface area is 123 Å². The van der Waals surface area contributed by atoms with Crippen LogP contribution in [0, 0.1) is 0 Å². The first kappa shape index (κ1) is 16.3. The maximum atomic E-state index is 11.6. The van der Waals surface area contributed by atoms with Gasteiger partial charge in [0.25, 0.3) is 0 Å². The van der Waals surface area contributed by atoms with Gasteiger partial charge in [-0.25, -0.2) is 4.79 Å². The Bertz CT molecular complexity index is 448. The molecule has 0 aromatic heterocycles. The molecular formula is C14H19ClN2O3. The zero-order valence-electron chi connectivity index (χ0n) is 11.4. The maximum Gasteiger partial charge on any atom is 0.317 e. The minimum absolute atomic E-state index is 0.0469. The van der Waals surface area contributed by atoms with E-state index in [2.05, 4.69) is 5.32 Å². The molecule has 0 saturated heterocycles. The molecule has 2 amide bonds. The number of carbonyl (C=O) groups excluding carboxylic acids is 1. The lowest BCUT2D eigenvalue weighted by Gasteiger charge is -2.16. The van der Waals surface area contributed by atoms with Crippen LogP contribution in [0.25, 0.3) is 0 Å². The summed E-state index contributed by atoms with van der Waals surface area (Å²) in [5, 5.41) is 12.0. The van der Waals surface area contributed by atoms with Crippen LogP contribution in [-0.2, 0) is 11.2 Å². The van der Waals surface area contributed by atoms with Gasteiger partial charge in [0.2, 0.25) is 0 Å². The highest BCUT2D eigenvalue weighted by Gasteiger charge is 2.08. The zero-order valence-corrected chi connectivity index (χ0v) is 12.2. The van der Waals surface area contributed by atoms with Crippen molar-refractivity contribution in [1.29, 1.82) is 0 Å². The van der Waals surface area contributed by atoms with Crippen LogP contribution >= 0.6 is 11.6 Å². The van der Waals surface area contributed by atoms with Gasteiger partial charge in [0.15, 0.2) is 0 Å². The SMILES string of the molecule is CN(CCC(=O)O)C(=O)NCCCc1ccc(Cl)cc1. The number of hydrogen-bond acceptors (Lipinski definition) is 2. The van der Waals surface area contributed by atoms with Crippen molar-refractivity contribution >= 4 is 23.6 Å². The number of rotatable bonds is 7. The lowest BCUT2D eigenvalue weighted by molar-refractivity contribution is -0.137. The standard InChI is InChI=1S/C14H19ClN2O3/c1-17(10-8-13(18)19)14(20)16-9-2-3-11-4-6-12(15)7-5-11/h4-7H,2-3,8-10H2,1H3,(H,16,20)(H,18,19). The van der Waals surface area contributed by atoms with Crippen molar-refractivity contribution in [2.75, 3.05) is 20.1 Å². The summed E-state index contributed by atoms with van der Waals surface area (Å²) in [6.45, 7) is 0.761. The maximum absolute atomic E-state index is 11.6. The van der Waals surface area contributed by atoms with E-state index in [0.29, 0.717) is 11.6 Å². The molecule has 0 spiro atoms. The molecule has 0 aliphatic rings. The van der Waals surface area contributed by atoms with Gasteiger partial charge in [-0.15, -0.1) is 0 Å². The largest absolute Gasteiger partial charge is 0.481 e. The summed E-state index contributed by atoms with van der Waals surface area (Å²) in [6.07, 6.45) is 1.63. The first-order valence-electron chi connectivity index (χ1n) is 6.44. The topological polar surface area (TPSA) is 69.6 Å². The number of carboxylic acid groups (broad SMARTS) is 1. The van der Waals surface area contributed by atoms with Gasteiger partial charge in [0.1, 0.15) is 0 Å². The van der Waals surface area contributed by atoms with Crippen LogP contribution in [0.1, 0.15) is 18.4 Å². The molecule has 0 fully saturated rings. The highest BCUT2D eigenvalue weighted by Crippen LogP contribution is 2.10. The number of carboxylic acids is 1.